The molecule has 3 N–H and O–H groups in total. The second-order valence-corrected chi connectivity index (χ2v) is 12.3. The fourth-order valence-electron chi connectivity index (χ4n) is 6.18. The molecule has 2 amide bonds. The van der Waals surface area contributed by atoms with Crippen LogP contribution in [0.3, 0.4) is 0 Å². The molecule has 3 aromatic heterocycles. The van der Waals surface area contributed by atoms with Gasteiger partial charge in [-0.05, 0) is 66.8 Å². The van der Waals surface area contributed by atoms with E-state index in [0.717, 1.165) is 22.4 Å². The summed E-state index contributed by atoms with van der Waals surface area (Å²) in [6.07, 6.45) is -3.37. The Balaban J connectivity index is 1.57. The molecular formula is C34H29F5N6O2. The molecule has 13 heteroatoms. The number of alkyl halides is 3. The zero-order valence-corrected chi connectivity index (χ0v) is 25.5. The minimum Gasteiger partial charge on any atom is -0.366 e. The van der Waals surface area contributed by atoms with E-state index < -0.39 is 41.0 Å². The first-order chi connectivity index (χ1) is 22.1. The summed E-state index contributed by atoms with van der Waals surface area (Å²) >= 11 is 0. The topological polar surface area (TPSA) is 116 Å². The third-order valence-corrected chi connectivity index (χ3v) is 8.13. The molecule has 0 fully saturated rings. The summed E-state index contributed by atoms with van der Waals surface area (Å²) in [6, 6.07) is 12.5. The Morgan fingerprint density at radius 3 is 2.32 bits per heavy atom. The van der Waals surface area contributed by atoms with Gasteiger partial charge in [0.25, 0.3) is 11.8 Å². The molecule has 1 aliphatic heterocycles. The Morgan fingerprint density at radius 2 is 1.70 bits per heavy atom. The molecule has 0 saturated heterocycles. The van der Waals surface area contributed by atoms with Gasteiger partial charge < -0.3 is 15.6 Å². The molecule has 4 heterocycles. The van der Waals surface area contributed by atoms with Crippen LogP contribution in [0.2, 0.25) is 0 Å². The molecule has 2 aromatic carbocycles. The summed E-state index contributed by atoms with van der Waals surface area (Å²) in [5, 5.41) is 2.97. The number of amides is 2. The van der Waals surface area contributed by atoms with Gasteiger partial charge in [-0.1, -0.05) is 32.0 Å². The van der Waals surface area contributed by atoms with Crippen LogP contribution in [0.5, 0.6) is 0 Å². The van der Waals surface area contributed by atoms with Gasteiger partial charge in [0, 0.05) is 12.0 Å². The highest BCUT2D eigenvalue weighted by atomic mass is 19.4. The molecule has 0 bridgehead atoms. The van der Waals surface area contributed by atoms with Crippen LogP contribution in [-0.2, 0) is 31.1 Å². The summed E-state index contributed by atoms with van der Waals surface area (Å²) in [7, 11) is 0. The molecule has 0 saturated carbocycles. The van der Waals surface area contributed by atoms with Crippen molar-refractivity contribution in [3.05, 3.63) is 112 Å². The number of benzene rings is 2. The van der Waals surface area contributed by atoms with Crippen molar-refractivity contribution in [1.82, 2.24) is 24.8 Å². The number of carbonyl (C=O) groups is 2. The van der Waals surface area contributed by atoms with Gasteiger partial charge in [-0.3, -0.25) is 19.6 Å². The standard InChI is InChI=1S/C34H29F5N6O2/c1-17(2)12-24-27(30(40)46)26(28-29(42-24)33(3,44-31(28)47)14-18-4-7-20(35)8-5-18)19-6-11-25-23(13-19)43-32(34(37,38)39)45(25)16-22-10-9-21(36)15-41-22/h4-11,13,15,17H,12,14,16H2,1-3H3,(H2,40,46)(H,44,47)/t33-/m0/s1. The van der Waals surface area contributed by atoms with Crippen LogP contribution in [0, 0.1) is 17.6 Å². The molecule has 0 unspecified atom stereocenters. The molecule has 0 radical (unpaired) electrons. The Morgan fingerprint density at radius 1 is 1.00 bits per heavy atom. The summed E-state index contributed by atoms with van der Waals surface area (Å²) in [6.45, 7) is 5.27. The number of nitrogens with zero attached hydrogens (tertiary/aromatic N) is 4. The van der Waals surface area contributed by atoms with E-state index in [2.05, 4.69) is 15.3 Å². The van der Waals surface area contributed by atoms with E-state index in [1.165, 1.54) is 36.4 Å². The smallest absolute Gasteiger partial charge is 0.366 e. The number of hydrogen-bond donors (Lipinski definition) is 2. The van der Waals surface area contributed by atoms with Crippen molar-refractivity contribution >= 4 is 22.8 Å². The maximum atomic E-state index is 14.2. The second-order valence-electron chi connectivity index (χ2n) is 12.3. The molecule has 0 aliphatic carbocycles. The lowest BCUT2D eigenvalue weighted by Crippen LogP contribution is -2.39. The highest BCUT2D eigenvalue weighted by Crippen LogP contribution is 2.42. The predicted octanol–water partition coefficient (Wildman–Crippen LogP) is 6.34. The Hall–Kier alpha value is -5.20. The zero-order chi connectivity index (χ0) is 33.8. The third kappa shape index (κ3) is 5.93. The highest BCUT2D eigenvalue weighted by Gasteiger charge is 2.45. The van der Waals surface area contributed by atoms with Crippen LogP contribution in [0.1, 0.15) is 70.0 Å². The van der Waals surface area contributed by atoms with Crippen LogP contribution in [0.15, 0.2) is 60.8 Å². The van der Waals surface area contributed by atoms with Crippen LogP contribution < -0.4 is 11.1 Å². The number of fused-ring (bicyclic) bond motifs is 2. The number of pyridine rings is 2. The summed E-state index contributed by atoms with van der Waals surface area (Å²) in [5.74, 6) is -3.62. The van der Waals surface area contributed by atoms with E-state index in [1.54, 1.807) is 19.1 Å². The number of rotatable bonds is 8. The number of primary amides is 1. The van der Waals surface area contributed by atoms with Crippen LogP contribution in [-0.4, -0.2) is 31.3 Å². The zero-order valence-electron chi connectivity index (χ0n) is 25.5. The molecule has 0 spiro atoms. The van der Waals surface area contributed by atoms with Crippen molar-refractivity contribution in [2.24, 2.45) is 11.7 Å². The maximum Gasteiger partial charge on any atom is 0.449 e. The van der Waals surface area contributed by atoms with Crippen molar-refractivity contribution in [2.45, 2.75) is 51.9 Å². The molecule has 1 aliphatic rings. The molecule has 242 valence electrons. The van der Waals surface area contributed by atoms with Gasteiger partial charge >= 0.3 is 6.18 Å². The molecular weight excluding hydrogens is 619 g/mol. The maximum absolute atomic E-state index is 14.2. The van der Waals surface area contributed by atoms with Gasteiger partial charge in [0.05, 0.1) is 57.5 Å². The lowest BCUT2D eigenvalue weighted by molar-refractivity contribution is -0.146. The molecule has 8 nitrogen and oxygen atoms in total. The number of aromatic nitrogens is 4. The molecule has 47 heavy (non-hydrogen) atoms. The monoisotopic (exact) mass is 648 g/mol. The molecule has 5 aromatic rings. The lowest BCUT2D eigenvalue weighted by atomic mass is 9.84. The van der Waals surface area contributed by atoms with E-state index in [1.807, 2.05) is 13.8 Å². The van der Waals surface area contributed by atoms with Crippen LogP contribution in [0.4, 0.5) is 22.0 Å². The van der Waals surface area contributed by atoms with Crippen molar-refractivity contribution < 1.29 is 31.5 Å². The van der Waals surface area contributed by atoms with E-state index >= 15 is 0 Å². The minimum absolute atomic E-state index is 0.0102. The number of halogens is 5. The first-order valence-electron chi connectivity index (χ1n) is 14.8. The van der Waals surface area contributed by atoms with Gasteiger partial charge in [-0.25, -0.2) is 13.8 Å². The summed E-state index contributed by atoms with van der Waals surface area (Å²) in [4.78, 5) is 39.5. The largest absolute Gasteiger partial charge is 0.449 e. The van der Waals surface area contributed by atoms with Gasteiger partial charge in [0.2, 0.25) is 5.82 Å². The van der Waals surface area contributed by atoms with Gasteiger partial charge in [-0.2, -0.15) is 13.2 Å². The SMILES string of the molecule is CC(C)Cc1nc2c(c(-c3ccc4c(c3)nc(C(F)(F)F)n4Cc3ccc(F)cn3)c1C(N)=O)C(=O)N[C@@]2(C)Cc1ccc(F)cc1. The number of carbonyl (C=O) groups excluding carboxylic acids is 2. The lowest BCUT2D eigenvalue weighted by Gasteiger charge is -2.26. The third-order valence-electron chi connectivity index (χ3n) is 8.13. The van der Waals surface area contributed by atoms with Crippen molar-refractivity contribution in [1.29, 1.82) is 0 Å². The average molecular weight is 649 g/mol. The summed E-state index contributed by atoms with van der Waals surface area (Å²) < 4.78 is 70.7. The van der Waals surface area contributed by atoms with Crippen molar-refractivity contribution in [3.8, 4) is 11.1 Å². The Bertz CT molecular complexity index is 2040. The predicted molar refractivity (Wildman–Crippen MR) is 163 cm³/mol. The van der Waals surface area contributed by atoms with Crippen LogP contribution in [0.25, 0.3) is 22.2 Å². The van der Waals surface area contributed by atoms with Gasteiger partial charge in [0.15, 0.2) is 0 Å². The molecule has 1 atom stereocenters. The minimum atomic E-state index is -4.85. The second kappa shape index (κ2) is 11.6. The number of nitrogens with one attached hydrogen (secondary N) is 1. The highest BCUT2D eigenvalue weighted by molar-refractivity contribution is 6.12. The number of imidazole rings is 1. The fraction of sp³-hybridized carbons (Fsp3) is 0.265. The van der Waals surface area contributed by atoms with E-state index in [4.69, 9.17) is 10.7 Å². The summed E-state index contributed by atoms with van der Waals surface area (Å²) in [5.41, 5.74) is 6.92. The normalized spacial score (nSPS) is 16.1. The average Bonchev–Trinajstić information content (AvgIpc) is 3.48. The Labute approximate surface area is 265 Å². The van der Waals surface area contributed by atoms with E-state index in [9.17, 15) is 31.5 Å². The first kappa shape index (κ1) is 31.8. The van der Waals surface area contributed by atoms with Gasteiger partial charge in [0.1, 0.15) is 11.6 Å². The number of nitrogens with two attached hydrogens (primary N) is 1. The Kier molecular flexibility index (Phi) is 7.81. The first-order valence-corrected chi connectivity index (χ1v) is 14.8. The van der Waals surface area contributed by atoms with E-state index in [-0.39, 0.29) is 57.9 Å². The van der Waals surface area contributed by atoms with Gasteiger partial charge in [-0.15, -0.1) is 0 Å². The molecule has 6 rings (SSSR count). The van der Waals surface area contributed by atoms with Crippen LogP contribution >= 0.6 is 0 Å². The van der Waals surface area contributed by atoms with Crippen molar-refractivity contribution in [3.63, 3.8) is 0 Å². The van der Waals surface area contributed by atoms with E-state index in [0.29, 0.717) is 17.8 Å². The fourth-order valence-corrected chi connectivity index (χ4v) is 6.18. The quantitative estimate of drug-likeness (QED) is 0.191. The van der Waals surface area contributed by atoms with Crippen molar-refractivity contribution in [2.75, 3.05) is 0 Å². The number of hydrogen-bond acceptors (Lipinski definition) is 5.